The molecule has 9 heteroatoms. The summed E-state index contributed by atoms with van der Waals surface area (Å²) < 4.78 is 23.5. The first-order valence-corrected chi connectivity index (χ1v) is 15.3. The molecule has 2 aromatic heterocycles. The molecular weight excluding hydrogens is 525 g/mol. The highest BCUT2D eigenvalue weighted by atomic mass is 32.2. The largest absolute Gasteiger partial charge is 0.458 e. The summed E-state index contributed by atoms with van der Waals surface area (Å²) in [6.07, 6.45) is 2.79. The molecule has 0 bridgehead atoms. The second-order valence-electron chi connectivity index (χ2n) is 8.08. The summed E-state index contributed by atoms with van der Waals surface area (Å²) in [7, 11) is -1.11. The lowest BCUT2D eigenvalue weighted by Gasteiger charge is -2.18. The number of thiophene rings is 1. The van der Waals surface area contributed by atoms with Crippen LogP contribution in [-0.4, -0.2) is 51.7 Å². The fraction of sp³-hybridized carbons (Fsp3) is 0.321. The van der Waals surface area contributed by atoms with Crippen LogP contribution in [0.15, 0.2) is 71.6 Å². The van der Waals surface area contributed by atoms with Crippen LogP contribution < -0.4 is 0 Å². The topological polar surface area (TPSA) is 89.3 Å². The predicted octanol–water partition coefficient (Wildman–Crippen LogP) is 6.10. The third kappa shape index (κ3) is 8.93. The highest BCUT2D eigenvalue weighted by molar-refractivity contribution is 8.00. The zero-order valence-corrected chi connectivity index (χ0v) is 23.2. The van der Waals surface area contributed by atoms with Crippen molar-refractivity contribution in [1.29, 1.82) is 5.26 Å². The molecule has 2 atom stereocenters. The van der Waals surface area contributed by atoms with E-state index in [1.807, 2.05) is 60.8 Å². The molecule has 0 saturated heterocycles. The van der Waals surface area contributed by atoms with Gasteiger partial charge in [-0.3, -0.25) is 9.00 Å². The summed E-state index contributed by atoms with van der Waals surface area (Å²) in [5, 5.41) is 12.4. The number of carbonyl (C=O) groups excluding carboxylic acids is 1. The van der Waals surface area contributed by atoms with Gasteiger partial charge >= 0.3 is 5.97 Å². The fourth-order valence-electron chi connectivity index (χ4n) is 3.47. The Labute approximate surface area is 229 Å². The van der Waals surface area contributed by atoms with Crippen molar-refractivity contribution in [2.24, 2.45) is 0 Å². The third-order valence-electron chi connectivity index (χ3n) is 5.22. The minimum Gasteiger partial charge on any atom is -0.458 e. The number of esters is 1. The van der Waals surface area contributed by atoms with Crippen molar-refractivity contribution in [2.45, 2.75) is 30.9 Å². The van der Waals surface area contributed by atoms with Gasteiger partial charge in [-0.05, 0) is 29.5 Å². The molecule has 2 heterocycles. The zero-order valence-electron chi connectivity index (χ0n) is 20.8. The molecule has 2 unspecified atom stereocenters. The Morgan fingerprint density at radius 3 is 2.78 bits per heavy atom. The van der Waals surface area contributed by atoms with Crippen molar-refractivity contribution in [3.8, 4) is 27.8 Å². The van der Waals surface area contributed by atoms with Gasteiger partial charge in [0.25, 0.3) is 0 Å². The number of hydrogen-bond acceptors (Lipinski definition) is 8. The molecule has 0 aliphatic heterocycles. The average molecular weight is 555 g/mol. The van der Waals surface area contributed by atoms with Crippen LogP contribution in [0.1, 0.15) is 25.3 Å². The van der Waals surface area contributed by atoms with E-state index in [0.717, 1.165) is 34.5 Å². The number of carbonyl (C=O) groups is 1. The number of aromatic nitrogens is 1. The van der Waals surface area contributed by atoms with Crippen molar-refractivity contribution in [2.75, 3.05) is 30.5 Å². The van der Waals surface area contributed by atoms with Crippen LogP contribution in [0.25, 0.3) is 21.7 Å². The Morgan fingerprint density at radius 2 is 2.11 bits per heavy atom. The van der Waals surface area contributed by atoms with Crippen LogP contribution >= 0.6 is 23.1 Å². The van der Waals surface area contributed by atoms with Crippen molar-refractivity contribution in [3.63, 3.8) is 0 Å². The first kappa shape index (κ1) is 28.8. The first-order chi connectivity index (χ1) is 18.0. The molecule has 0 aliphatic rings. The van der Waals surface area contributed by atoms with E-state index in [-0.39, 0.29) is 18.1 Å². The summed E-state index contributed by atoms with van der Waals surface area (Å²) >= 11 is 2.73. The Kier molecular flexibility index (Phi) is 12.0. The summed E-state index contributed by atoms with van der Waals surface area (Å²) in [4.78, 5) is 18.5. The van der Waals surface area contributed by atoms with Gasteiger partial charge in [-0.15, -0.1) is 17.9 Å². The van der Waals surface area contributed by atoms with Gasteiger partial charge in [0.2, 0.25) is 0 Å². The van der Waals surface area contributed by atoms with Gasteiger partial charge in [-0.25, -0.2) is 4.98 Å². The van der Waals surface area contributed by atoms with Crippen LogP contribution in [0.3, 0.4) is 0 Å². The number of nitriles is 1. The number of hydrogen-bond donors (Lipinski definition) is 0. The highest BCUT2D eigenvalue weighted by Gasteiger charge is 2.21. The van der Waals surface area contributed by atoms with Gasteiger partial charge in [0.15, 0.2) is 0 Å². The van der Waals surface area contributed by atoms with Crippen molar-refractivity contribution < 1.29 is 18.5 Å². The van der Waals surface area contributed by atoms with E-state index in [9.17, 15) is 14.3 Å². The van der Waals surface area contributed by atoms with E-state index in [0.29, 0.717) is 22.9 Å². The summed E-state index contributed by atoms with van der Waals surface area (Å²) in [5.74, 6) is 0.275. The number of ether oxygens (including phenoxy) is 2. The molecule has 0 spiro atoms. The molecule has 0 radical (unpaired) electrons. The van der Waals surface area contributed by atoms with Crippen LogP contribution in [-0.2, 0) is 25.1 Å². The number of benzene rings is 1. The van der Waals surface area contributed by atoms with Crippen LogP contribution in [0.2, 0.25) is 0 Å². The van der Waals surface area contributed by atoms with Gasteiger partial charge in [-0.1, -0.05) is 67.6 Å². The molecule has 0 aliphatic carbocycles. The van der Waals surface area contributed by atoms with Crippen LogP contribution in [0.4, 0.5) is 0 Å². The summed E-state index contributed by atoms with van der Waals surface area (Å²) in [6, 6.07) is 17.8. The highest BCUT2D eigenvalue weighted by Crippen LogP contribution is 2.35. The number of nitrogens with zero attached hydrogens (tertiary/aromatic N) is 2. The molecular formula is C28H30N2O4S3. The van der Waals surface area contributed by atoms with E-state index in [1.54, 1.807) is 17.4 Å². The van der Waals surface area contributed by atoms with E-state index in [4.69, 9.17) is 14.5 Å². The molecule has 3 aromatic rings. The maximum atomic E-state index is 12.8. The van der Waals surface area contributed by atoms with Crippen molar-refractivity contribution in [3.05, 3.63) is 72.1 Å². The molecule has 194 valence electrons. The Balaban J connectivity index is 1.79. The molecule has 0 fully saturated rings. The number of unbranched alkanes of at least 4 members (excludes halogenated alkanes) is 1. The lowest BCUT2D eigenvalue weighted by molar-refractivity contribution is -0.147. The normalized spacial score (nSPS) is 12.4. The molecule has 1 aromatic carbocycles. The number of pyridine rings is 1. The Hall–Kier alpha value is -2.77. The van der Waals surface area contributed by atoms with Gasteiger partial charge in [0, 0.05) is 22.1 Å². The maximum Gasteiger partial charge on any atom is 0.316 e. The Bertz CT molecular complexity index is 1220. The van der Waals surface area contributed by atoms with E-state index < -0.39 is 22.9 Å². The first-order valence-electron chi connectivity index (χ1n) is 12.0. The third-order valence-corrected chi connectivity index (χ3v) is 8.55. The van der Waals surface area contributed by atoms with Crippen molar-refractivity contribution >= 4 is 39.9 Å². The smallest absolute Gasteiger partial charge is 0.316 e. The van der Waals surface area contributed by atoms with Gasteiger partial charge < -0.3 is 9.47 Å². The number of rotatable bonds is 15. The standard InChI is InChI=1S/C28H30N2O4S3/c1-3-5-15-37(32)20-22(18-33-13-4-2)34-27(31)19-36-28-24(17-29)23(21-10-7-6-8-11-21)16-25(30-28)26-12-9-14-35-26/h4,6-12,14,16,22H,2-3,5,13,15,18-20H2,1H3. The fourth-order valence-corrected chi connectivity index (χ4v) is 6.30. The lowest BCUT2D eigenvalue weighted by Crippen LogP contribution is -2.30. The molecule has 3 rings (SSSR count). The van der Waals surface area contributed by atoms with Crippen LogP contribution in [0.5, 0.6) is 0 Å². The monoisotopic (exact) mass is 554 g/mol. The molecule has 0 amide bonds. The Morgan fingerprint density at radius 1 is 1.30 bits per heavy atom. The molecule has 0 N–H and O–H groups in total. The summed E-state index contributed by atoms with van der Waals surface area (Å²) in [6.45, 7) is 6.13. The quantitative estimate of drug-likeness (QED) is 0.0970. The van der Waals surface area contributed by atoms with E-state index in [2.05, 4.69) is 12.6 Å². The number of thioether (sulfide) groups is 1. The average Bonchev–Trinajstić information content (AvgIpc) is 3.46. The summed E-state index contributed by atoms with van der Waals surface area (Å²) in [5.41, 5.74) is 2.82. The van der Waals surface area contributed by atoms with Gasteiger partial charge in [-0.2, -0.15) is 5.26 Å². The van der Waals surface area contributed by atoms with Gasteiger partial charge in [0.05, 0.1) is 40.9 Å². The van der Waals surface area contributed by atoms with Crippen molar-refractivity contribution in [1.82, 2.24) is 4.98 Å². The molecule has 6 nitrogen and oxygen atoms in total. The lowest BCUT2D eigenvalue weighted by atomic mass is 10.0. The minimum absolute atomic E-state index is 0.0383. The predicted molar refractivity (Wildman–Crippen MR) is 152 cm³/mol. The second-order valence-corrected chi connectivity index (χ2v) is 11.6. The molecule has 37 heavy (non-hydrogen) atoms. The molecule has 0 saturated carbocycles. The second kappa shape index (κ2) is 15.5. The zero-order chi connectivity index (χ0) is 26.5. The minimum atomic E-state index is -1.11. The van der Waals surface area contributed by atoms with E-state index in [1.165, 1.54) is 11.8 Å². The maximum absolute atomic E-state index is 12.8. The van der Waals surface area contributed by atoms with Gasteiger partial charge in [0.1, 0.15) is 17.2 Å². The van der Waals surface area contributed by atoms with Crippen LogP contribution in [0, 0.1) is 11.3 Å². The van der Waals surface area contributed by atoms with E-state index >= 15 is 0 Å². The SMILES string of the molecule is C=CCOCC(CS(=O)CCCC)OC(=O)CSc1nc(-c2cccs2)cc(-c2ccccc2)c1C#N.